The van der Waals surface area contributed by atoms with E-state index in [1.165, 1.54) is 0 Å². The summed E-state index contributed by atoms with van der Waals surface area (Å²) < 4.78 is 10.3. The molecule has 76 valence electrons. The van der Waals surface area contributed by atoms with Crippen molar-refractivity contribution in [3.05, 3.63) is 53.6 Å². The first-order valence-electron chi connectivity index (χ1n) is 4.73. The molecule has 1 aliphatic heterocycles. The summed E-state index contributed by atoms with van der Waals surface area (Å²) >= 11 is 0. The van der Waals surface area contributed by atoms with E-state index >= 15 is 0 Å². The van der Waals surface area contributed by atoms with Gasteiger partial charge in [0.25, 0.3) is 0 Å². The zero-order valence-electron chi connectivity index (χ0n) is 8.22. The lowest BCUT2D eigenvalue weighted by atomic mass is 10.00. The maximum Gasteiger partial charge on any atom is 0.188 e. The molecule has 0 saturated heterocycles. The Balaban J connectivity index is 2.24. The van der Waals surface area contributed by atoms with Crippen molar-refractivity contribution in [2.45, 2.75) is 5.92 Å². The number of nitrogens with zero attached hydrogens (tertiary/aromatic N) is 1. The zero-order valence-corrected chi connectivity index (χ0v) is 8.22. The lowest BCUT2D eigenvalue weighted by molar-refractivity contribution is -0.00474. The summed E-state index contributed by atoms with van der Waals surface area (Å²) in [6.45, 7) is 7.84. The molecule has 1 aromatic rings. The molecule has 15 heavy (non-hydrogen) atoms. The van der Waals surface area contributed by atoms with E-state index in [9.17, 15) is 0 Å². The second kappa shape index (κ2) is 4.63. The van der Waals surface area contributed by atoms with Crippen molar-refractivity contribution in [2.75, 3.05) is 13.4 Å². The number of hydrogen-bond acceptors (Lipinski definition) is 2. The minimum Gasteiger partial charge on any atom is -0.475 e. The molecule has 1 aliphatic rings. The minimum absolute atomic E-state index is 0.175. The molecular weight excluding hydrogens is 190 g/mol. The quantitative estimate of drug-likeness (QED) is 0.652. The summed E-state index contributed by atoms with van der Waals surface area (Å²) in [4.78, 5) is 3.40. The van der Waals surface area contributed by atoms with E-state index < -0.39 is 0 Å². The average molecular weight is 201 g/mol. The molecule has 1 heterocycles. The van der Waals surface area contributed by atoms with Gasteiger partial charge in [-0.1, -0.05) is 24.3 Å². The average Bonchev–Trinajstić information content (AvgIpc) is 2.58. The Labute approximate surface area is 88.8 Å². The molecule has 3 heteroatoms. The lowest BCUT2D eigenvalue weighted by Crippen LogP contribution is -2.04. The molecule has 0 saturated carbocycles. The normalized spacial score (nSPS) is 20.1. The largest absolute Gasteiger partial charge is 0.475 e. The van der Waals surface area contributed by atoms with Gasteiger partial charge < -0.3 is 9.47 Å². The molecule has 0 bridgehead atoms. The van der Waals surface area contributed by atoms with E-state index in [2.05, 4.69) is 4.85 Å². The number of ether oxygens (including phenoxy) is 2. The molecule has 0 fully saturated rings. The molecule has 0 spiro atoms. The van der Waals surface area contributed by atoms with Crippen molar-refractivity contribution in [1.82, 2.24) is 0 Å². The third-order valence-electron chi connectivity index (χ3n) is 2.28. The Morgan fingerprint density at radius 1 is 1.40 bits per heavy atom. The second-order valence-electron chi connectivity index (χ2n) is 3.30. The Bertz CT molecular complexity index is 406. The Hall–Kier alpha value is -1.79. The van der Waals surface area contributed by atoms with Crippen LogP contribution in [0.25, 0.3) is 4.85 Å². The number of rotatable bonds is 1. The van der Waals surface area contributed by atoms with Gasteiger partial charge in [-0.05, 0) is 11.6 Å². The molecule has 0 amide bonds. The summed E-state index contributed by atoms with van der Waals surface area (Å²) in [5.74, 6) is 0.175. The van der Waals surface area contributed by atoms with Crippen molar-refractivity contribution < 1.29 is 9.47 Å². The predicted molar refractivity (Wildman–Crippen MR) is 56.5 cm³/mol. The Kier molecular flexibility index (Phi) is 3.01. The van der Waals surface area contributed by atoms with Crippen molar-refractivity contribution in [3.8, 4) is 0 Å². The lowest BCUT2D eigenvalue weighted by Gasteiger charge is -2.10. The summed E-state index contributed by atoms with van der Waals surface area (Å²) in [6, 6.07) is 7.58. The number of hydrogen-bond donors (Lipinski definition) is 0. The maximum atomic E-state index is 6.95. The summed E-state index contributed by atoms with van der Waals surface area (Å²) in [5.41, 5.74) is 1.75. The summed E-state index contributed by atoms with van der Waals surface area (Å²) in [5, 5.41) is 0. The van der Waals surface area contributed by atoms with Gasteiger partial charge in [-0.25, -0.2) is 4.85 Å². The van der Waals surface area contributed by atoms with Crippen molar-refractivity contribution in [1.29, 1.82) is 0 Å². The van der Waals surface area contributed by atoms with Crippen molar-refractivity contribution in [3.63, 3.8) is 0 Å². The van der Waals surface area contributed by atoms with E-state index in [-0.39, 0.29) is 5.92 Å². The summed E-state index contributed by atoms with van der Waals surface area (Å²) in [7, 11) is 0. The van der Waals surface area contributed by atoms with Crippen LogP contribution in [0.15, 0.2) is 36.6 Å². The molecular formula is C12H11NO2. The van der Waals surface area contributed by atoms with Gasteiger partial charge >= 0.3 is 0 Å². The molecule has 1 aromatic carbocycles. The Morgan fingerprint density at radius 2 is 2.33 bits per heavy atom. The Morgan fingerprint density at radius 3 is 3.20 bits per heavy atom. The fourth-order valence-corrected chi connectivity index (χ4v) is 1.50. The highest BCUT2D eigenvalue weighted by Gasteiger charge is 2.11. The van der Waals surface area contributed by atoms with Gasteiger partial charge in [0.05, 0.1) is 19.4 Å². The van der Waals surface area contributed by atoms with Crippen LogP contribution in [0.2, 0.25) is 0 Å². The third kappa shape index (κ3) is 2.36. The van der Waals surface area contributed by atoms with Crippen LogP contribution in [-0.4, -0.2) is 13.4 Å². The standard InChI is InChI=1S/C12H11NO2/c1-13-12-4-2-3-10(7-12)11-5-6-14-9-15-8-11/h2-7,11H,8-9H2. The topological polar surface area (TPSA) is 22.8 Å². The van der Waals surface area contributed by atoms with Gasteiger partial charge in [-0.3, -0.25) is 0 Å². The van der Waals surface area contributed by atoms with Crippen molar-refractivity contribution >= 4 is 5.69 Å². The molecule has 3 nitrogen and oxygen atoms in total. The van der Waals surface area contributed by atoms with E-state index in [1.54, 1.807) is 12.3 Å². The van der Waals surface area contributed by atoms with E-state index in [0.717, 1.165) is 5.56 Å². The van der Waals surface area contributed by atoms with Crippen LogP contribution in [-0.2, 0) is 9.47 Å². The first-order valence-corrected chi connectivity index (χ1v) is 4.73. The van der Waals surface area contributed by atoms with Crippen LogP contribution in [0.1, 0.15) is 11.5 Å². The minimum atomic E-state index is 0.175. The van der Waals surface area contributed by atoms with Crippen LogP contribution >= 0.6 is 0 Å². The molecule has 1 atom stereocenters. The SMILES string of the molecule is [C-]#[N+]c1cccc(C2C=COCOC2)c1. The van der Waals surface area contributed by atoms with Crippen LogP contribution in [0.4, 0.5) is 5.69 Å². The van der Waals surface area contributed by atoms with Gasteiger partial charge in [0.2, 0.25) is 0 Å². The number of benzene rings is 1. The first kappa shape index (κ1) is 9.75. The van der Waals surface area contributed by atoms with Gasteiger partial charge in [-0.2, -0.15) is 0 Å². The van der Waals surface area contributed by atoms with Crippen LogP contribution in [0.3, 0.4) is 0 Å². The van der Waals surface area contributed by atoms with Crippen LogP contribution < -0.4 is 0 Å². The van der Waals surface area contributed by atoms with Gasteiger partial charge in [-0.15, -0.1) is 0 Å². The van der Waals surface area contributed by atoms with Crippen LogP contribution in [0, 0.1) is 6.57 Å². The zero-order chi connectivity index (χ0) is 10.5. The van der Waals surface area contributed by atoms with Crippen molar-refractivity contribution in [2.24, 2.45) is 0 Å². The monoisotopic (exact) mass is 201 g/mol. The molecule has 1 unspecified atom stereocenters. The van der Waals surface area contributed by atoms with E-state index in [4.69, 9.17) is 16.0 Å². The molecule has 0 N–H and O–H groups in total. The highest BCUT2D eigenvalue weighted by atomic mass is 16.7. The molecule has 0 aromatic heterocycles. The predicted octanol–water partition coefficient (Wildman–Crippen LogP) is 2.84. The van der Waals surface area contributed by atoms with Gasteiger partial charge in [0, 0.05) is 5.92 Å². The third-order valence-corrected chi connectivity index (χ3v) is 2.28. The second-order valence-corrected chi connectivity index (χ2v) is 3.30. The maximum absolute atomic E-state index is 6.95. The smallest absolute Gasteiger partial charge is 0.188 e. The van der Waals surface area contributed by atoms with E-state index in [0.29, 0.717) is 19.1 Å². The molecule has 0 aliphatic carbocycles. The summed E-state index contributed by atoms with van der Waals surface area (Å²) in [6.07, 6.45) is 3.61. The molecule has 2 rings (SSSR count). The van der Waals surface area contributed by atoms with Gasteiger partial charge in [0.1, 0.15) is 0 Å². The fraction of sp³-hybridized carbons (Fsp3) is 0.250. The van der Waals surface area contributed by atoms with Crippen LogP contribution in [0.5, 0.6) is 0 Å². The fourth-order valence-electron chi connectivity index (χ4n) is 1.50. The molecule has 0 radical (unpaired) electrons. The van der Waals surface area contributed by atoms with E-state index in [1.807, 2.05) is 24.3 Å². The van der Waals surface area contributed by atoms with Gasteiger partial charge in [0.15, 0.2) is 12.5 Å². The highest BCUT2D eigenvalue weighted by molar-refractivity contribution is 5.48. The first-order chi connectivity index (χ1) is 7.40. The highest BCUT2D eigenvalue weighted by Crippen LogP contribution is 2.23.